The zero-order valence-electron chi connectivity index (χ0n) is 14.3. The molecule has 0 saturated carbocycles. The standard InChI is InChI=1S/C17H17N5O4/c1-11-6-7-12-4-3-5-13(14(12)21-11)26-17-15(22(23)24)16(19-10-20-17)18-8-9-25-2/h3-7,10H,8-9H2,1-2H3,(H,18,19,20). The number of pyridine rings is 1. The first-order valence-corrected chi connectivity index (χ1v) is 7.86. The number of aromatic nitrogens is 3. The van der Waals surface area contributed by atoms with E-state index < -0.39 is 4.92 Å². The highest BCUT2D eigenvalue weighted by Gasteiger charge is 2.25. The number of para-hydroxylation sites is 1. The van der Waals surface area contributed by atoms with E-state index in [2.05, 4.69) is 20.3 Å². The van der Waals surface area contributed by atoms with Gasteiger partial charge < -0.3 is 14.8 Å². The molecule has 0 aliphatic heterocycles. The van der Waals surface area contributed by atoms with Crippen molar-refractivity contribution in [2.75, 3.05) is 25.6 Å². The van der Waals surface area contributed by atoms with Gasteiger partial charge in [0.25, 0.3) is 0 Å². The van der Waals surface area contributed by atoms with E-state index in [0.29, 0.717) is 24.4 Å². The number of nitrogens with one attached hydrogen (secondary N) is 1. The third-order valence-corrected chi connectivity index (χ3v) is 3.60. The zero-order chi connectivity index (χ0) is 18.5. The molecule has 1 N–H and O–H groups in total. The Bertz CT molecular complexity index is 948. The maximum Gasteiger partial charge on any atom is 0.373 e. The number of benzene rings is 1. The molecule has 2 aromatic heterocycles. The van der Waals surface area contributed by atoms with Crippen LogP contribution in [0.25, 0.3) is 10.9 Å². The molecule has 0 spiro atoms. The Labute approximate surface area is 149 Å². The molecular weight excluding hydrogens is 338 g/mol. The van der Waals surface area contributed by atoms with Crippen molar-refractivity contribution in [3.8, 4) is 11.6 Å². The average molecular weight is 355 g/mol. The summed E-state index contributed by atoms with van der Waals surface area (Å²) in [4.78, 5) is 23.3. The summed E-state index contributed by atoms with van der Waals surface area (Å²) in [5.74, 6) is 0.304. The number of nitrogens with zero attached hydrogens (tertiary/aromatic N) is 4. The third kappa shape index (κ3) is 3.67. The fraction of sp³-hybridized carbons (Fsp3) is 0.235. The molecule has 26 heavy (non-hydrogen) atoms. The van der Waals surface area contributed by atoms with E-state index in [-0.39, 0.29) is 17.4 Å². The van der Waals surface area contributed by atoms with E-state index in [0.717, 1.165) is 11.1 Å². The van der Waals surface area contributed by atoms with Crippen LogP contribution in [0, 0.1) is 17.0 Å². The molecule has 3 aromatic rings. The summed E-state index contributed by atoms with van der Waals surface area (Å²) in [7, 11) is 1.54. The van der Waals surface area contributed by atoms with Crippen molar-refractivity contribution < 1.29 is 14.4 Å². The second kappa shape index (κ2) is 7.70. The molecule has 2 heterocycles. The van der Waals surface area contributed by atoms with Crippen molar-refractivity contribution in [1.82, 2.24) is 15.0 Å². The van der Waals surface area contributed by atoms with Crippen LogP contribution >= 0.6 is 0 Å². The Morgan fingerprint density at radius 1 is 1.23 bits per heavy atom. The monoisotopic (exact) mass is 355 g/mol. The molecule has 0 aliphatic carbocycles. The first-order chi connectivity index (χ1) is 12.6. The van der Waals surface area contributed by atoms with Gasteiger partial charge in [0.1, 0.15) is 11.8 Å². The Morgan fingerprint density at radius 3 is 2.85 bits per heavy atom. The quantitative estimate of drug-likeness (QED) is 0.391. The lowest BCUT2D eigenvalue weighted by Gasteiger charge is -2.10. The number of hydrogen-bond acceptors (Lipinski definition) is 8. The molecule has 0 unspecified atom stereocenters. The summed E-state index contributed by atoms with van der Waals surface area (Å²) in [6.45, 7) is 2.61. The Hall–Kier alpha value is -3.33. The number of nitro groups is 1. The predicted octanol–water partition coefficient (Wildman–Crippen LogP) is 3.09. The summed E-state index contributed by atoms with van der Waals surface area (Å²) in [5, 5.41) is 15.3. The molecule has 134 valence electrons. The minimum atomic E-state index is -0.575. The van der Waals surface area contributed by atoms with Crippen molar-refractivity contribution in [2.24, 2.45) is 0 Å². The molecule has 0 saturated heterocycles. The van der Waals surface area contributed by atoms with Crippen molar-refractivity contribution >= 4 is 22.4 Å². The van der Waals surface area contributed by atoms with Gasteiger partial charge in [0, 0.05) is 24.7 Å². The molecule has 9 heteroatoms. The highest BCUT2D eigenvalue weighted by Crippen LogP contribution is 2.36. The van der Waals surface area contributed by atoms with Crippen molar-refractivity contribution in [3.05, 3.63) is 52.5 Å². The van der Waals surface area contributed by atoms with Crippen molar-refractivity contribution in [2.45, 2.75) is 6.92 Å². The van der Waals surface area contributed by atoms with Crippen LogP contribution in [-0.4, -0.2) is 40.1 Å². The number of methoxy groups -OCH3 is 1. The molecule has 1 aromatic carbocycles. The van der Waals surface area contributed by atoms with Gasteiger partial charge in [-0.15, -0.1) is 0 Å². The maximum atomic E-state index is 11.5. The van der Waals surface area contributed by atoms with E-state index in [1.165, 1.54) is 6.33 Å². The van der Waals surface area contributed by atoms with Gasteiger partial charge in [-0.3, -0.25) is 10.1 Å². The van der Waals surface area contributed by atoms with Gasteiger partial charge in [0.05, 0.1) is 11.5 Å². The van der Waals surface area contributed by atoms with Gasteiger partial charge in [-0.25, -0.2) is 9.97 Å². The molecule has 0 radical (unpaired) electrons. The highest BCUT2D eigenvalue weighted by atomic mass is 16.6. The van der Waals surface area contributed by atoms with Crippen molar-refractivity contribution in [3.63, 3.8) is 0 Å². The smallest absolute Gasteiger partial charge is 0.373 e. The normalized spacial score (nSPS) is 10.7. The number of anilines is 1. The van der Waals surface area contributed by atoms with E-state index in [9.17, 15) is 10.1 Å². The molecule has 0 aliphatic rings. The number of ether oxygens (including phenoxy) is 2. The molecule has 3 rings (SSSR count). The highest BCUT2D eigenvalue weighted by molar-refractivity contribution is 5.85. The third-order valence-electron chi connectivity index (χ3n) is 3.60. The summed E-state index contributed by atoms with van der Waals surface area (Å²) >= 11 is 0. The van der Waals surface area contributed by atoms with E-state index in [1.54, 1.807) is 19.2 Å². The zero-order valence-corrected chi connectivity index (χ0v) is 14.3. The van der Waals surface area contributed by atoms with Gasteiger partial charge >= 0.3 is 11.6 Å². The van der Waals surface area contributed by atoms with Crippen LogP contribution < -0.4 is 10.1 Å². The average Bonchev–Trinajstić information content (AvgIpc) is 2.62. The molecule has 0 fully saturated rings. The molecule has 9 nitrogen and oxygen atoms in total. The minimum Gasteiger partial charge on any atom is -0.431 e. The second-order valence-electron chi connectivity index (χ2n) is 5.44. The number of aryl methyl sites for hydroxylation is 1. The van der Waals surface area contributed by atoms with Crippen LogP contribution in [-0.2, 0) is 4.74 Å². The molecule has 0 atom stereocenters. The number of fused-ring (bicyclic) bond motifs is 1. The van der Waals surface area contributed by atoms with Gasteiger partial charge in [-0.05, 0) is 19.1 Å². The summed E-state index contributed by atoms with van der Waals surface area (Å²) in [6.07, 6.45) is 1.21. The predicted molar refractivity (Wildman–Crippen MR) is 95.6 cm³/mol. The summed E-state index contributed by atoms with van der Waals surface area (Å²) in [5.41, 5.74) is 1.08. The Balaban J connectivity index is 2.01. The second-order valence-corrected chi connectivity index (χ2v) is 5.44. The fourth-order valence-electron chi connectivity index (χ4n) is 2.41. The van der Waals surface area contributed by atoms with Crippen molar-refractivity contribution in [1.29, 1.82) is 0 Å². The molecule has 0 amide bonds. The van der Waals surface area contributed by atoms with Gasteiger partial charge in [0.2, 0.25) is 5.82 Å². The Kier molecular flexibility index (Phi) is 5.18. The van der Waals surface area contributed by atoms with Crippen LogP contribution in [0.4, 0.5) is 11.5 Å². The lowest BCUT2D eigenvalue weighted by atomic mass is 10.2. The van der Waals surface area contributed by atoms with Crippen LogP contribution in [0.15, 0.2) is 36.7 Å². The van der Waals surface area contributed by atoms with E-state index in [4.69, 9.17) is 9.47 Å². The van der Waals surface area contributed by atoms with E-state index >= 15 is 0 Å². The summed E-state index contributed by atoms with van der Waals surface area (Å²) < 4.78 is 10.7. The fourth-order valence-corrected chi connectivity index (χ4v) is 2.41. The number of rotatable bonds is 7. The number of hydrogen-bond donors (Lipinski definition) is 1. The van der Waals surface area contributed by atoms with E-state index in [1.807, 2.05) is 25.1 Å². The molecular formula is C17H17N5O4. The van der Waals surface area contributed by atoms with Gasteiger partial charge in [-0.2, -0.15) is 4.98 Å². The Morgan fingerprint density at radius 2 is 2.08 bits per heavy atom. The van der Waals surface area contributed by atoms with Gasteiger partial charge in [-0.1, -0.05) is 18.2 Å². The van der Waals surface area contributed by atoms with Crippen LogP contribution in [0.3, 0.4) is 0 Å². The van der Waals surface area contributed by atoms with Crippen LogP contribution in [0.2, 0.25) is 0 Å². The van der Waals surface area contributed by atoms with Gasteiger partial charge in [0.15, 0.2) is 5.75 Å². The lowest BCUT2D eigenvalue weighted by molar-refractivity contribution is -0.385. The largest absolute Gasteiger partial charge is 0.431 e. The SMILES string of the molecule is COCCNc1ncnc(Oc2cccc3ccc(C)nc23)c1[N+](=O)[O-]. The van der Waals surface area contributed by atoms with Crippen LogP contribution in [0.1, 0.15) is 5.69 Å². The van der Waals surface area contributed by atoms with Crippen LogP contribution in [0.5, 0.6) is 11.6 Å². The first kappa shape index (κ1) is 17.5. The summed E-state index contributed by atoms with van der Waals surface area (Å²) in [6, 6.07) is 9.17. The molecule has 0 bridgehead atoms. The lowest BCUT2D eigenvalue weighted by Crippen LogP contribution is -2.11. The minimum absolute atomic E-state index is 0.0708. The first-order valence-electron chi connectivity index (χ1n) is 7.86. The maximum absolute atomic E-state index is 11.5. The topological polar surface area (TPSA) is 112 Å².